The number of urea groups is 1. The van der Waals surface area contributed by atoms with Crippen molar-refractivity contribution in [2.24, 2.45) is 5.73 Å². The van der Waals surface area contributed by atoms with Gasteiger partial charge in [-0.25, -0.2) is 9.78 Å². The first-order valence-corrected chi connectivity index (χ1v) is 7.61. The summed E-state index contributed by atoms with van der Waals surface area (Å²) in [5.74, 6) is 0.683. The van der Waals surface area contributed by atoms with Crippen LogP contribution >= 0.6 is 12.4 Å². The van der Waals surface area contributed by atoms with E-state index in [9.17, 15) is 4.79 Å². The van der Waals surface area contributed by atoms with Gasteiger partial charge < -0.3 is 10.6 Å². The van der Waals surface area contributed by atoms with Crippen LogP contribution in [0, 0.1) is 0 Å². The average molecular weight is 331 g/mol. The van der Waals surface area contributed by atoms with E-state index in [1.165, 1.54) is 0 Å². The summed E-state index contributed by atoms with van der Waals surface area (Å²) in [6, 6.07) is 10.6. The predicted molar refractivity (Wildman–Crippen MR) is 92.4 cm³/mol. The van der Waals surface area contributed by atoms with Gasteiger partial charge in [-0.1, -0.05) is 24.3 Å². The standard InChI is InChI=1S/C17H18N4O.ClH/c18-9-11-1-3-12(4-2-11)14-7-8-19-16-15(14)10-21(13-5-6-13)17(22)20-16;/h1-4,7-8,13H,5-6,9-10,18H2,(H,19,20,22);1H. The Morgan fingerprint density at radius 2 is 1.96 bits per heavy atom. The summed E-state index contributed by atoms with van der Waals surface area (Å²) in [4.78, 5) is 18.4. The minimum Gasteiger partial charge on any atom is -0.326 e. The maximum absolute atomic E-state index is 12.1. The lowest BCUT2D eigenvalue weighted by Gasteiger charge is -2.30. The highest BCUT2D eigenvalue weighted by molar-refractivity contribution is 5.93. The van der Waals surface area contributed by atoms with Crippen molar-refractivity contribution >= 4 is 24.3 Å². The largest absolute Gasteiger partial charge is 0.326 e. The number of fused-ring (bicyclic) bond motifs is 1. The number of benzene rings is 1. The number of nitrogens with two attached hydrogens (primary N) is 1. The number of carbonyl (C=O) groups is 1. The predicted octanol–water partition coefficient (Wildman–Crippen LogP) is 3.14. The van der Waals surface area contributed by atoms with Crippen LogP contribution in [0.1, 0.15) is 24.0 Å². The van der Waals surface area contributed by atoms with Crippen molar-refractivity contribution in [3.8, 4) is 11.1 Å². The van der Waals surface area contributed by atoms with Gasteiger partial charge in [0.05, 0.1) is 6.54 Å². The van der Waals surface area contributed by atoms with Gasteiger partial charge in [0.25, 0.3) is 0 Å². The number of nitrogens with one attached hydrogen (secondary N) is 1. The van der Waals surface area contributed by atoms with Crippen LogP contribution < -0.4 is 11.1 Å². The molecule has 4 rings (SSSR count). The van der Waals surface area contributed by atoms with Crippen LogP contribution in [0.25, 0.3) is 11.1 Å². The van der Waals surface area contributed by atoms with Crippen LogP contribution in [-0.2, 0) is 13.1 Å². The molecule has 6 heteroatoms. The van der Waals surface area contributed by atoms with Gasteiger partial charge in [0.15, 0.2) is 0 Å². The van der Waals surface area contributed by atoms with Crippen molar-refractivity contribution in [1.29, 1.82) is 0 Å². The van der Waals surface area contributed by atoms with Crippen molar-refractivity contribution in [3.05, 3.63) is 47.7 Å². The van der Waals surface area contributed by atoms with Crippen LogP contribution in [0.4, 0.5) is 10.6 Å². The molecule has 0 saturated heterocycles. The molecule has 1 saturated carbocycles. The molecule has 2 heterocycles. The molecule has 0 spiro atoms. The first-order valence-electron chi connectivity index (χ1n) is 7.61. The number of amides is 2. The minimum atomic E-state index is -0.0295. The Balaban J connectivity index is 0.00000156. The van der Waals surface area contributed by atoms with E-state index in [1.807, 2.05) is 23.1 Å². The van der Waals surface area contributed by atoms with Crippen LogP contribution in [-0.4, -0.2) is 22.0 Å². The average Bonchev–Trinajstić information content (AvgIpc) is 3.38. The monoisotopic (exact) mass is 330 g/mol. The summed E-state index contributed by atoms with van der Waals surface area (Å²) in [5, 5.41) is 2.92. The van der Waals surface area contributed by atoms with Crippen molar-refractivity contribution in [2.75, 3.05) is 5.32 Å². The molecule has 0 bridgehead atoms. The number of aromatic nitrogens is 1. The number of hydrogen-bond donors (Lipinski definition) is 2. The Labute approximate surface area is 141 Å². The summed E-state index contributed by atoms with van der Waals surface area (Å²) in [6.45, 7) is 1.17. The third-order valence-electron chi connectivity index (χ3n) is 4.36. The van der Waals surface area contributed by atoms with E-state index < -0.39 is 0 Å². The molecule has 1 aromatic heterocycles. The lowest BCUT2D eigenvalue weighted by molar-refractivity contribution is 0.203. The third kappa shape index (κ3) is 2.90. The molecular formula is C17H19ClN4O. The van der Waals surface area contributed by atoms with Crippen molar-refractivity contribution in [2.45, 2.75) is 32.0 Å². The van der Waals surface area contributed by atoms with Crippen LogP contribution in [0.15, 0.2) is 36.5 Å². The first-order chi connectivity index (χ1) is 10.8. The van der Waals surface area contributed by atoms with Gasteiger partial charge in [-0.15, -0.1) is 12.4 Å². The number of rotatable bonds is 3. The number of anilines is 1. The van der Waals surface area contributed by atoms with Gasteiger partial charge in [-0.2, -0.15) is 0 Å². The van der Waals surface area contributed by atoms with Crippen LogP contribution in [0.3, 0.4) is 0 Å². The zero-order valence-corrected chi connectivity index (χ0v) is 13.5. The fraction of sp³-hybridized carbons (Fsp3) is 0.294. The number of halogens is 1. The lowest BCUT2D eigenvalue weighted by Crippen LogP contribution is -2.40. The molecule has 5 nitrogen and oxygen atoms in total. The Hall–Kier alpha value is -2.11. The molecule has 0 unspecified atom stereocenters. The van der Waals surface area contributed by atoms with Crippen molar-refractivity contribution in [3.63, 3.8) is 0 Å². The van der Waals surface area contributed by atoms with E-state index in [4.69, 9.17) is 5.73 Å². The van der Waals surface area contributed by atoms with E-state index in [-0.39, 0.29) is 18.4 Å². The summed E-state index contributed by atoms with van der Waals surface area (Å²) < 4.78 is 0. The van der Waals surface area contributed by atoms with Crippen LogP contribution in [0.5, 0.6) is 0 Å². The van der Waals surface area contributed by atoms with Crippen LogP contribution in [0.2, 0.25) is 0 Å². The van der Waals surface area contributed by atoms with Gasteiger partial charge in [-0.3, -0.25) is 5.32 Å². The van der Waals surface area contributed by atoms with Gasteiger partial charge in [0.1, 0.15) is 5.82 Å². The fourth-order valence-corrected chi connectivity index (χ4v) is 2.95. The Bertz CT molecular complexity index is 728. The molecule has 2 aliphatic rings. The second-order valence-electron chi connectivity index (χ2n) is 5.88. The summed E-state index contributed by atoms with van der Waals surface area (Å²) >= 11 is 0. The minimum absolute atomic E-state index is 0. The molecule has 1 aromatic carbocycles. The van der Waals surface area contributed by atoms with Gasteiger partial charge in [0, 0.05) is 24.3 Å². The molecule has 1 fully saturated rings. The molecule has 0 radical (unpaired) electrons. The molecule has 1 aliphatic carbocycles. The van der Waals surface area contributed by atoms with E-state index in [0.29, 0.717) is 24.9 Å². The van der Waals surface area contributed by atoms with Gasteiger partial charge in [-0.05, 0) is 35.6 Å². The molecular weight excluding hydrogens is 312 g/mol. The molecule has 2 aromatic rings. The maximum atomic E-state index is 12.1. The maximum Gasteiger partial charge on any atom is 0.323 e. The highest BCUT2D eigenvalue weighted by Gasteiger charge is 2.36. The second-order valence-corrected chi connectivity index (χ2v) is 5.88. The summed E-state index contributed by atoms with van der Waals surface area (Å²) in [7, 11) is 0. The zero-order chi connectivity index (χ0) is 15.1. The number of pyridine rings is 1. The SMILES string of the molecule is Cl.NCc1ccc(-c2ccnc3c2CN(C2CC2)C(=O)N3)cc1. The smallest absolute Gasteiger partial charge is 0.323 e. The van der Waals surface area contributed by atoms with E-state index >= 15 is 0 Å². The topological polar surface area (TPSA) is 71.2 Å². The Morgan fingerprint density at radius 1 is 1.22 bits per heavy atom. The summed E-state index contributed by atoms with van der Waals surface area (Å²) in [5.41, 5.74) is 10.1. The van der Waals surface area contributed by atoms with Gasteiger partial charge in [0.2, 0.25) is 0 Å². The Kier molecular flexibility index (Phi) is 4.24. The third-order valence-corrected chi connectivity index (χ3v) is 4.36. The Morgan fingerprint density at radius 3 is 2.61 bits per heavy atom. The fourth-order valence-electron chi connectivity index (χ4n) is 2.95. The van der Waals surface area contributed by atoms with E-state index in [1.54, 1.807) is 6.20 Å². The van der Waals surface area contributed by atoms with Gasteiger partial charge >= 0.3 is 6.03 Å². The number of hydrogen-bond acceptors (Lipinski definition) is 3. The molecule has 1 aliphatic heterocycles. The summed E-state index contributed by atoms with van der Waals surface area (Å²) in [6.07, 6.45) is 3.95. The zero-order valence-electron chi connectivity index (χ0n) is 12.7. The molecule has 2 amide bonds. The number of carbonyl (C=O) groups excluding carboxylic acids is 1. The van der Waals surface area contributed by atoms with Crippen molar-refractivity contribution < 1.29 is 4.79 Å². The van der Waals surface area contributed by atoms with Crippen molar-refractivity contribution in [1.82, 2.24) is 9.88 Å². The highest BCUT2D eigenvalue weighted by Crippen LogP contribution is 2.36. The second kappa shape index (κ2) is 6.18. The van der Waals surface area contributed by atoms with E-state index in [0.717, 1.165) is 35.1 Å². The normalized spacial score (nSPS) is 16.4. The highest BCUT2D eigenvalue weighted by atomic mass is 35.5. The molecule has 0 atom stereocenters. The molecule has 120 valence electrons. The number of nitrogens with zero attached hydrogens (tertiary/aromatic N) is 2. The quantitative estimate of drug-likeness (QED) is 0.908. The molecule has 23 heavy (non-hydrogen) atoms. The van der Waals surface area contributed by atoms with E-state index in [2.05, 4.69) is 22.4 Å². The molecule has 3 N–H and O–H groups in total. The first kappa shape index (κ1) is 15.8. The lowest BCUT2D eigenvalue weighted by atomic mass is 9.98.